The largest absolute Gasteiger partial charge is 0.381 e. The molecule has 0 aromatic carbocycles. The molecule has 0 spiro atoms. The summed E-state index contributed by atoms with van der Waals surface area (Å²) in [5.41, 5.74) is 1.24. The van der Waals surface area contributed by atoms with Gasteiger partial charge in [0.15, 0.2) is 5.96 Å². The van der Waals surface area contributed by atoms with Crippen LogP contribution in [0.15, 0.2) is 10.4 Å². The summed E-state index contributed by atoms with van der Waals surface area (Å²) in [6.45, 7) is 14.0. The van der Waals surface area contributed by atoms with Gasteiger partial charge in [-0.1, -0.05) is 34.6 Å². The third-order valence-electron chi connectivity index (χ3n) is 3.16. The molecule has 0 amide bonds. The van der Waals surface area contributed by atoms with Crippen LogP contribution in [-0.4, -0.2) is 37.7 Å². The van der Waals surface area contributed by atoms with Crippen molar-refractivity contribution in [3.63, 3.8) is 0 Å². The average Bonchev–Trinajstić information content (AvgIpc) is 2.94. The lowest BCUT2D eigenvalue weighted by Crippen LogP contribution is -2.37. The zero-order chi connectivity index (χ0) is 17.3. The molecule has 1 aromatic heterocycles. The van der Waals surface area contributed by atoms with Crippen molar-refractivity contribution < 1.29 is 4.74 Å². The first-order valence-electron chi connectivity index (χ1n) is 8.30. The van der Waals surface area contributed by atoms with Gasteiger partial charge in [-0.05, 0) is 12.3 Å². The van der Waals surface area contributed by atoms with Gasteiger partial charge in [-0.15, -0.1) is 11.3 Å². The molecule has 1 heterocycles. The third-order valence-corrected chi connectivity index (χ3v) is 4.01. The number of rotatable bonds is 8. The molecule has 6 heteroatoms. The fraction of sp³-hybridized carbons (Fsp3) is 0.765. The predicted octanol–water partition coefficient (Wildman–Crippen LogP) is 3.17. The summed E-state index contributed by atoms with van der Waals surface area (Å²) in [6.07, 6.45) is 0.971. The van der Waals surface area contributed by atoms with E-state index in [0.29, 0.717) is 12.5 Å². The molecule has 0 radical (unpaired) electrons. The number of thiazole rings is 1. The van der Waals surface area contributed by atoms with E-state index in [2.05, 4.69) is 60.6 Å². The van der Waals surface area contributed by atoms with Crippen LogP contribution < -0.4 is 10.6 Å². The van der Waals surface area contributed by atoms with Gasteiger partial charge in [-0.25, -0.2) is 4.98 Å². The van der Waals surface area contributed by atoms with E-state index in [9.17, 15) is 0 Å². The monoisotopic (exact) mass is 340 g/mol. The summed E-state index contributed by atoms with van der Waals surface area (Å²) in [6, 6.07) is 0. The Hall–Kier alpha value is -1.14. The van der Waals surface area contributed by atoms with Crippen LogP contribution in [0.25, 0.3) is 0 Å². The van der Waals surface area contributed by atoms with Gasteiger partial charge in [0.05, 0.1) is 12.2 Å². The molecule has 0 atom stereocenters. The predicted molar refractivity (Wildman–Crippen MR) is 99.3 cm³/mol. The molecule has 0 aliphatic rings. The van der Waals surface area contributed by atoms with Gasteiger partial charge >= 0.3 is 0 Å². The summed E-state index contributed by atoms with van der Waals surface area (Å²) >= 11 is 1.69. The molecule has 0 fully saturated rings. The van der Waals surface area contributed by atoms with Gasteiger partial charge in [-0.2, -0.15) is 0 Å². The smallest absolute Gasteiger partial charge is 0.191 e. The Morgan fingerprint density at radius 2 is 2.09 bits per heavy atom. The van der Waals surface area contributed by atoms with E-state index in [0.717, 1.165) is 42.8 Å². The molecule has 0 saturated carbocycles. The number of ether oxygens (including phenoxy) is 1. The van der Waals surface area contributed by atoms with Crippen molar-refractivity contribution in [2.24, 2.45) is 10.9 Å². The zero-order valence-electron chi connectivity index (χ0n) is 15.4. The minimum atomic E-state index is 0.102. The number of aliphatic imine (C=N–C) groups is 1. The number of nitrogens with one attached hydrogen (secondary N) is 2. The van der Waals surface area contributed by atoms with Crippen LogP contribution in [-0.2, 0) is 16.7 Å². The average molecular weight is 341 g/mol. The Morgan fingerprint density at radius 3 is 2.65 bits per heavy atom. The molecule has 0 unspecified atom stereocenters. The third kappa shape index (κ3) is 8.32. The molecule has 0 aliphatic heterocycles. The molecular weight excluding hydrogens is 308 g/mol. The Bertz CT molecular complexity index is 477. The topological polar surface area (TPSA) is 58.5 Å². The Kier molecular flexibility index (Phi) is 8.55. The summed E-state index contributed by atoms with van der Waals surface area (Å²) in [5.74, 6) is 1.40. The molecule has 1 aromatic rings. The van der Waals surface area contributed by atoms with Crippen LogP contribution in [0.1, 0.15) is 51.7 Å². The highest BCUT2D eigenvalue weighted by Crippen LogP contribution is 2.23. The molecule has 0 saturated heterocycles. The number of aromatic nitrogens is 1. The van der Waals surface area contributed by atoms with Crippen molar-refractivity contribution in [2.45, 2.75) is 53.0 Å². The SMILES string of the molecule is CN=C(NCCCOCC(C)C)NCc1nc(C(C)(C)C)cs1. The molecule has 0 bridgehead atoms. The van der Waals surface area contributed by atoms with Crippen LogP contribution in [0.2, 0.25) is 0 Å². The van der Waals surface area contributed by atoms with E-state index < -0.39 is 0 Å². The first-order valence-corrected chi connectivity index (χ1v) is 9.18. The number of hydrogen-bond donors (Lipinski definition) is 2. The summed E-state index contributed by atoms with van der Waals surface area (Å²) in [7, 11) is 1.78. The van der Waals surface area contributed by atoms with Crippen LogP contribution >= 0.6 is 11.3 Å². The molecule has 2 N–H and O–H groups in total. The highest BCUT2D eigenvalue weighted by Gasteiger charge is 2.17. The van der Waals surface area contributed by atoms with Crippen molar-refractivity contribution in [1.29, 1.82) is 0 Å². The van der Waals surface area contributed by atoms with E-state index in [1.807, 2.05) is 0 Å². The fourth-order valence-corrected chi connectivity index (χ4v) is 2.78. The minimum Gasteiger partial charge on any atom is -0.381 e. The normalized spacial score (nSPS) is 12.7. The van der Waals surface area contributed by atoms with Crippen LogP contribution in [0.5, 0.6) is 0 Å². The van der Waals surface area contributed by atoms with Gasteiger partial charge in [0.25, 0.3) is 0 Å². The Morgan fingerprint density at radius 1 is 1.35 bits per heavy atom. The van der Waals surface area contributed by atoms with Crippen molar-refractivity contribution in [3.05, 3.63) is 16.1 Å². The summed E-state index contributed by atoms with van der Waals surface area (Å²) in [5, 5.41) is 9.83. The highest BCUT2D eigenvalue weighted by atomic mass is 32.1. The minimum absolute atomic E-state index is 0.102. The first kappa shape index (κ1) is 19.9. The molecule has 23 heavy (non-hydrogen) atoms. The lowest BCUT2D eigenvalue weighted by atomic mass is 9.93. The number of hydrogen-bond acceptors (Lipinski definition) is 4. The van der Waals surface area contributed by atoms with Gasteiger partial charge in [0.2, 0.25) is 0 Å². The Labute approximate surface area is 145 Å². The molecular formula is C17H32N4OS. The van der Waals surface area contributed by atoms with Crippen LogP contribution in [0, 0.1) is 5.92 Å². The zero-order valence-corrected chi connectivity index (χ0v) is 16.2. The van der Waals surface area contributed by atoms with Crippen molar-refractivity contribution >= 4 is 17.3 Å². The van der Waals surface area contributed by atoms with Gasteiger partial charge in [-0.3, -0.25) is 4.99 Å². The number of guanidine groups is 1. The maximum absolute atomic E-state index is 5.57. The summed E-state index contributed by atoms with van der Waals surface area (Å²) in [4.78, 5) is 8.91. The molecule has 0 aliphatic carbocycles. The molecule has 1 rings (SSSR count). The van der Waals surface area contributed by atoms with Crippen LogP contribution in [0.3, 0.4) is 0 Å². The second-order valence-electron chi connectivity index (χ2n) is 7.05. The van der Waals surface area contributed by atoms with Gasteiger partial charge in [0.1, 0.15) is 5.01 Å². The van der Waals surface area contributed by atoms with E-state index in [1.165, 1.54) is 0 Å². The standard InChI is InChI=1S/C17H32N4OS/c1-13(2)11-22-9-7-8-19-16(18-6)20-10-15-21-14(12-23-15)17(3,4)5/h12-13H,7-11H2,1-6H3,(H2,18,19,20). The molecule has 132 valence electrons. The Balaban J connectivity index is 2.25. The molecule has 5 nitrogen and oxygen atoms in total. The van der Waals surface area contributed by atoms with Crippen molar-refractivity contribution in [1.82, 2.24) is 15.6 Å². The summed E-state index contributed by atoms with van der Waals surface area (Å²) < 4.78 is 5.57. The fourth-order valence-electron chi connectivity index (χ4n) is 1.82. The van der Waals surface area contributed by atoms with E-state index in [4.69, 9.17) is 4.74 Å². The first-order chi connectivity index (χ1) is 10.8. The van der Waals surface area contributed by atoms with Gasteiger partial charge in [0, 0.05) is 37.6 Å². The second-order valence-corrected chi connectivity index (χ2v) is 7.99. The quantitative estimate of drug-likeness (QED) is 0.433. The van der Waals surface area contributed by atoms with Gasteiger partial charge < -0.3 is 15.4 Å². The van der Waals surface area contributed by atoms with Crippen molar-refractivity contribution in [2.75, 3.05) is 26.8 Å². The van der Waals surface area contributed by atoms with E-state index in [-0.39, 0.29) is 5.41 Å². The second kappa shape index (κ2) is 9.88. The lowest BCUT2D eigenvalue weighted by Gasteiger charge is -2.14. The maximum atomic E-state index is 5.57. The van der Waals surface area contributed by atoms with Crippen molar-refractivity contribution in [3.8, 4) is 0 Å². The number of nitrogens with zero attached hydrogens (tertiary/aromatic N) is 2. The maximum Gasteiger partial charge on any atom is 0.191 e. The van der Waals surface area contributed by atoms with E-state index >= 15 is 0 Å². The highest BCUT2D eigenvalue weighted by molar-refractivity contribution is 7.09. The lowest BCUT2D eigenvalue weighted by molar-refractivity contribution is 0.108. The van der Waals surface area contributed by atoms with Crippen LogP contribution in [0.4, 0.5) is 0 Å². The van der Waals surface area contributed by atoms with E-state index in [1.54, 1.807) is 18.4 Å².